The maximum absolute atomic E-state index is 12.5. The summed E-state index contributed by atoms with van der Waals surface area (Å²) in [5.74, 6) is 2.18. The summed E-state index contributed by atoms with van der Waals surface area (Å²) in [6, 6.07) is 1.76. The smallest absolute Gasteiger partial charge is 0.252 e. The zero-order valence-corrected chi connectivity index (χ0v) is 13.1. The normalized spacial score (nSPS) is 18.2. The first-order valence-corrected chi connectivity index (χ1v) is 7.63. The SMILES string of the molecule is Cc1nc([C@H]2CN(C(=O)Cc3nc4ncccn4n3)CCO2)n[nH]1. The van der Waals surface area contributed by atoms with Crippen molar-refractivity contribution in [3.8, 4) is 0 Å². The molecule has 0 radical (unpaired) electrons. The van der Waals surface area contributed by atoms with E-state index in [1.54, 1.807) is 27.9 Å². The van der Waals surface area contributed by atoms with Gasteiger partial charge in [-0.15, -0.1) is 5.10 Å². The van der Waals surface area contributed by atoms with Crippen molar-refractivity contribution in [2.24, 2.45) is 0 Å². The van der Waals surface area contributed by atoms with Gasteiger partial charge in [0.25, 0.3) is 5.78 Å². The molecule has 0 aromatic carbocycles. The Hall–Kier alpha value is -2.88. The van der Waals surface area contributed by atoms with Gasteiger partial charge in [-0.3, -0.25) is 9.89 Å². The molecule has 10 nitrogen and oxygen atoms in total. The number of rotatable bonds is 3. The maximum Gasteiger partial charge on any atom is 0.252 e. The van der Waals surface area contributed by atoms with Gasteiger partial charge in [-0.25, -0.2) is 14.5 Å². The zero-order valence-electron chi connectivity index (χ0n) is 13.1. The number of amides is 1. The largest absolute Gasteiger partial charge is 0.366 e. The third-order valence-corrected chi connectivity index (χ3v) is 3.79. The fraction of sp³-hybridized carbons (Fsp3) is 0.429. The number of hydrogen-bond acceptors (Lipinski definition) is 7. The fourth-order valence-corrected chi connectivity index (χ4v) is 2.63. The lowest BCUT2D eigenvalue weighted by atomic mass is 10.2. The Labute approximate surface area is 136 Å². The summed E-state index contributed by atoms with van der Waals surface area (Å²) in [6.07, 6.45) is 3.20. The molecule has 0 aliphatic carbocycles. The Balaban J connectivity index is 1.45. The lowest BCUT2D eigenvalue weighted by Gasteiger charge is -2.31. The topological polar surface area (TPSA) is 114 Å². The number of nitrogens with one attached hydrogen (secondary N) is 1. The second-order valence-electron chi connectivity index (χ2n) is 5.55. The molecule has 1 N–H and O–H groups in total. The molecule has 1 aliphatic heterocycles. The van der Waals surface area contributed by atoms with E-state index in [4.69, 9.17) is 4.74 Å². The van der Waals surface area contributed by atoms with Gasteiger partial charge in [-0.2, -0.15) is 10.1 Å². The van der Waals surface area contributed by atoms with Crippen LogP contribution in [0.5, 0.6) is 0 Å². The van der Waals surface area contributed by atoms with Crippen LogP contribution in [-0.4, -0.2) is 65.3 Å². The second-order valence-corrected chi connectivity index (χ2v) is 5.55. The zero-order chi connectivity index (χ0) is 16.5. The van der Waals surface area contributed by atoms with E-state index in [0.717, 1.165) is 5.82 Å². The van der Waals surface area contributed by atoms with Crippen LogP contribution in [0.3, 0.4) is 0 Å². The molecule has 1 amide bonds. The second kappa shape index (κ2) is 5.96. The van der Waals surface area contributed by atoms with Gasteiger partial charge in [0.15, 0.2) is 11.6 Å². The molecule has 4 heterocycles. The van der Waals surface area contributed by atoms with Crippen molar-refractivity contribution in [3.05, 3.63) is 35.9 Å². The number of aromatic amines is 1. The highest BCUT2D eigenvalue weighted by Crippen LogP contribution is 2.19. The summed E-state index contributed by atoms with van der Waals surface area (Å²) >= 11 is 0. The van der Waals surface area contributed by atoms with Gasteiger partial charge in [0.1, 0.15) is 11.9 Å². The van der Waals surface area contributed by atoms with Gasteiger partial charge < -0.3 is 9.64 Å². The van der Waals surface area contributed by atoms with Crippen LogP contribution in [0.4, 0.5) is 0 Å². The minimum Gasteiger partial charge on any atom is -0.366 e. The van der Waals surface area contributed by atoms with E-state index < -0.39 is 0 Å². The van der Waals surface area contributed by atoms with Crippen molar-refractivity contribution in [3.63, 3.8) is 0 Å². The lowest BCUT2D eigenvalue weighted by molar-refractivity contribution is -0.138. The Morgan fingerprint density at radius 1 is 1.46 bits per heavy atom. The summed E-state index contributed by atoms with van der Waals surface area (Å²) < 4.78 is 7.23. The minimum atomic E-state index is -0.316. The lowest BCUT2D eigenvalue weighted by Crippen LogP contribution is -2.43. The molecule has 1 aliphatic rings. The van der Waals surface area contributed by atoms with Crippen molar-refractivity contribution in [1.29, 1.82) is 0 Å². The van der Waals surface area contributed by atoms with Crippen LogP contribution >= 0.6 is 0 Å². The Morgan fingerprint density at radius 2 is 2.38 bits per heavy atom. The van der Waals surface area contributed by atoms with Gasteiger partial charge in [0.2, 0.25) is 5.91 Å². The molecular formula is C14H16N8O2. The molecule has 10 heteroatoms. The number of H-pyrrole nitrogens is 1. The van der Waals surface area contributed by atoms with Gasteiger partial charge in [0, 0.05) is 18.9 Å². The van der Waals surface area contributed by atoms with Crippen molar-refractivity contribution in [2.75, 3.05) is 19.7 Å². The quantitative estimate of drug-likeness (QED) is 0.701. The molecule has 3 aromatic heterocycles. The summed E-state index contributed by atoms with van der Waals surface area (Å²) in [7, 11) is 0. The standard InChI is InChI=1S/C14H16N8O2/c1-9-16-13(19-18-9)10-8-21(5-6-24-10)12(23)7-11-17-14-15-3-2-4-22(14)20-11/h2-4,10H,5-8H2,1H3,(H,16,18,19)/t10-/m1/s1. The average Bonchev–Trinajstić information content (AvgIpc) is 3.20. The Kier molecular flexibility index (Phi) is 3.65. The predicted octanol–water partition coefficient (Wildman–Crippen LogP) is -0.307. The molecule has 0 bridgehead atoms. The molecule has 4 rings (SSSR count). The van der Waals surface area contributed by atoms with E-state index in [1.807, 2.05) is 6.92 Å². The Morgan fingerprint density at radius 3 is 3.17 bits per heavy atom. The number of carbonyl (C=O) groups is 1. The number of aryl methyl sites for hydroxylation is 1. The monoisotopic (exact) mass is 328 g/mol. The highest BCUT2D eigenvalue weighted by molar-refractivity contribution is 5.78. The van der Waals surface area contributed by atoms with Crippen molar-refractivity contribution in [1.82, 2.24) is 39.7 Å². The predicted molar refractivity (Wildman–Crippen MR) is 80.9 cm³/mol. The van der Waals surface area contributed by atoms with Crippen LogP contribution in [0, 0.1) is 6.92 Å². The number of nitrogens with zero attached hydrogens (tertiary/aromatic N) is 7. The van der Waals surface area contributed by atoms with Gasteiger partial charge >= 0.3 is 0 Å². The van der Waals surface area contributed by atoms with Crippen LogP contribution < -0.4 is 0 Å². The van der Waals surface area contributed by atoms with E-state index >= 15 is 0 Å². The summed E-state index contributed by atoms with van der Waals surface area (Å²) in [6.45, 7) is 3.22. The number of aromatic nitrogens is 7. The number of hydrogen-bond donors (Lipinski definition) is 1. The molecule has 1 saturated heterocycles. The van der Waals surface area contributed by atoms with E-state index in [9.17, 15) is 4.79 Å². The van der Waals surface area contributed by atoms with Crippen LogP contribution in [0.15, 0.2) is 18.5 Å². The first-order chi connectivity index (χ1) is 11.7. The average molecular weight is 328 g/mol. The highest BCUT2D eigenvalue weighted by Gasteiger charge is 2.28. The van der Waals surface area contributed by atoms with E-state index in [-0.39, 0.29) is 18.4 Å². The molecule has 1 atom stereocenters. The van der Waals surface area contributed by atoms with Crippen molar-refractivity contribution < 1.29 is 9.53 Å². The van der Waals surface area contributed by atoms with Crippen LogP contribution in [0.1, 0.15) is 23.6 Å². The third kappa shape index (κ3) is 2.83. The molecular weight excluding hydrogens is 312 g/mol. The molecule has 24 heavy (non-hydrogen) atoms. The van der Waals surface area contributed by atoms with Gasteiger partial charge in [-0.1, -0.05) is 0 Å². The fourth-order valence-electron chi connectivity index (χ4n) is 2.63. The van der Waals surface area contributed by atoms with Gasteiger partial charge in [0.05, 0.1) is 19.6 Å². The summed E-state index contributed by atoms with van der Waals surface area (Å²) in [4.78, 5) is 26.9. The highest BCUT2D eigenvalue weighted by atomic mass is 16.5. The summed E-state index contributed by atoms with van der Waals surface area (Å²) in [5, 5.41) is 11.2. The molecule has 1 fully saturated rings. The van der Waals surface area contributed by atoms with Crippen LogP contribution in [0.25, 0.3) is 5.78 Å². The van der Waals surface area contributed by atoms with Crippen LogP contribution in [0.2, 0.25) is 0 Å². The molecule has 3 aromatic rings. The first-order valence-electron chi connectivity index (χ1n) is 7.63. The van der Waals surface area contributed by atoms with E-state index in [2.05, 4.69) is 30.2 Å². The maximum atomic E-state index is 12.5. The number of carbonyl (C=O) groups excluding carboxylic acids is 1. The van der Waals surface area contributed by atoms with E-state index in [0.29, 0.717) is 37.1 Å². The summed E-state index contributed by atoms with van der Waals surface area (Å²) in [5.41, 5.74) is 0. The number of morpholine rings is 1. The molecule has 0 unspecified atom stereocenters. The van der Waals surface area contributed by atoms with Crippen LogP contribution in [-0.2, 0) is 16.0 Å². The van der Waals surface area contributed by atoms with Gasteiger partial charge in [-0.05, 0) is 13.0 Å². The third-order valence-electron chi connectivity index (χ3n) is 3.79. The number of fused-ring (bicyclic) bond motifs is 1. The first kappa shape index (κ1) is 14.7. The molecule has 0 saturated carbocycles. The minimum absolute atomic E-state index is 0.0496. The van der Waals surface area contributed by atoms with E-state index in [1.165, 1.54) is 0 Å². The Bertz CT molecular complexity index is 839. The number of ether oxygens (including phenoxy) is 1. The molecule has 124 valence electrons. The molecule has 0 spiro atoms. The van der Waals surface area contributed by atoms with Crippen molar-refractivity contribution >= 4 is 11.7 Å². The van der Waals surface area contributed by atoms with Crippen molar-refractivity contribution in [2.45, 2.75) is 19.4 Å².